The standard InChI is InChI=1S/C26H32N4O3/c1-20(17-22-13-8-9-14-23(22)33-2)29(18-21-11-5-3-6-12-21)25(31)19-30-26(32)28-16-10-4-7-15-24(28)27-30/h3,5-6,8-9,11-14,20H,4,7,10,15-19H2,1-2H3. The van der Waals surface area contributed by atoms with Gasteiger partial charge in [0.2, 0.25) is 5.91 Å². The number of aromatic nitrogens is 3. The van der Waals surface area contributed by atoms with Crippen LogP contribution in [0.4, 0.5) is 0 Å². The predicted octanol–water partition coefficient (Wildman–Crippen LogP) is 3.44. The second-order valence-electron chi connectivity index (χ2n) is 8.69. The number of para-hydroxylation sites is 1. The van der Waals surface area contributed by atoms with Crippen molar-refractivity contribution in [1.29, 1.82) is 0 Å². The minimum absolute atomic E-state index is 0.0536. The average Bonchev–Trinajstić information content (AvgIpc) is 2.98. The number of carbonyl (C=O) groups is 1. The van der Waals surface area contributed by atoms with E-state index < -0.39 is 0 Å². The van der Waals surface area contributed by atoms with E-state index in [1.807, 2.05) is 66.4 Å². The highest BCUT2D eigenvalue weighted by Crippen LogP contribution is 2.22. The molecule has 0 saturated carbocycles. The van der Waals surface area contributed by atoms with Gasteiger partial charge >= 0.3 is 5.69 Å². The van der Waals surface area contributed by atoms with Crippen LogP contribution in [0.3, 0.4) is 0 Å². The van der Waals surface area contributed by atoms with Gasteiger partial charge in [-0.15, -0.1) is 0 Å². The van der Waals surface area contributed by atoms with E-state index in [-0.39, 0.29) is 24.2 Å². The first kappa shape index (κ1) is 22.8. The van der Waals surface area contributed by atoms with E-state index in [9.17, 15) is 9.59 Å². The third-order valence-corrected chi connectivity index (χ3v) is 6.32. The zero-order valence-corrected chi connectivity index (χ0v) is 19.4. The molecule has 1 atom stereocenters. The molecule has 33 heavy (non-hydrogen) atoms. The van der Waals surface area contributed by atoms with Crippen LogP contribution in [-0.2, 0) is 37.3 Å². The molecule has 1 unspecified atom stereocenters. The Morgan fingerprint density at radius 3 is 2.64 bits per heavy atom. The Balaban J connectivity index is 1.57. The number of amides is 1. The maximum absolute atomic E-state index is 13.5. The molecule has 3 aromatic rings. The lowest BCUT2D eigenvalue weighted by atomic mass is 10.0. The maximum Gasteiger partial charge on any atom is 0.346 e. The summed E-state index contributed by atoms with van der Waals surface area (Å²) in [6.45, 7) is 3.14. The molecule has 2 heterocycles. The van der Waals surface area contributed by atoms with Crippen molar-refractivity contribution in [2.45, 2.75) is 64.7 Å². The molecule has 7 nitrogen and oxygen atoms in total. The number of fused-ring (bicyclic) bond motifs is 1. The lowest BCUT2D eigenvalue weighted by Gasteiger charge is -2.30. The molecule has 4 rings (SSSR count). The van der Waals surface area contributed by atoms with Crippen LogP contribution in [0, 0.1) is 0 Å². The highest BCUT2D eigenvalue weighted by Gasteiger charge is 2.24. The number of ether oxygens (including phenoxy) is 1. The molecule has 1 aliphatic heterocycles. The van der Waals surface area contributed by atoms with Crippen molar-refractivity contribution < 1.29 is 9.53 Å². The number of methoxy groups -OCH3 is 1. The summed E-state index contributed by atoms with van der Waals surface area (Å²) in [6, 6.07) is 17.7. The first-order valence-electron chi connectivity index (χ1n) is 11.7. The third-order valence-electron chi connectivity index (χ3n) is 6.32. The molecule has 0 radical (unpaired) electrons. The van der Waals surface area contributed by atoms with Gasteiger partial charge in [-0.1, -0.05) is 55.0 Å². The molecule has 174 valence electrons. The average molecular weight is 449 g/mol. The fraction of sp³-hybridized carbons (Fsp3) is 0.423. The fourth-order valence-electron chi connectivity index (χ4n) is 4.52. The summed E-state index contributed by atoms with van der Waals surface area (Å²) in [7, 11) is 1.66. The van der Waals surface area contributed by atoms with Crippen molar-refractivity contribution in [1.82, 2.24) is 19.2 Å². The van der Waals surface area contributed by atoms with E-state index in [2.05, 4.69) is 5.10 Å². The smallest absolute Gasteiger partial charge is 0.346 e. The highest BCUT2D eigenvalue weighted by molar-refractivity contribution is 5.76. The molecule has 0 N–H and O–H groups in total. The van der Waals surface area contributed by atoms with Crippen molar-refractivity contribution in [3.8, 4) is 5.75 Å². The Hall–Kier alpha value is -3.35. The molecule has 1 aliphatic rings. The topological polar surface area (TPSA) is 69.4 Å². The normalized spacial score (nSPS) is 14.2. The summed E-state index contributed by atoms with van der Waals surface area (Å²) in [6.07, 6.45) is 4.54. The van der Waals surface area contributed by atoms with Gasteiger partial charge < -0.3 is 9.64 Å². The number of nitrogens with zero attached hydrogens (tertiary/aromatic N) is 4. The van der Waals surface area contributed by atoms with E-state index in [1.165, 1.54) is 4.68 Å². The quantitative estimate of drug-likeness (QED) is 0.529. The van der Waals surface area contributed by atoms with E-state index in [0.717, 1.165) is 48.4 Å². The van der Waals surface area contributed by atoms with E-state index in [1.54, 1.807) is 11.7 Å². The van der Waals surface area contributed by atoms with Gasteiger partial charge in [-0.3, -0.25) is 9.36 Å². The van der Waals surface area contributed by atoms with Gasteiger partial charge in [0.1, 0.15) is 18.1 Å². The van der Waals surface area contributed by atoms with Gasteiger partial charge in [-0.05, 0) is 43.4 Å². The molecule has 1 aromatic heterocycles. The molecule has 1 amide bonds. The Labute approximate surface area is 194 Å². The van der Waals surface area contributed by atoms with Crippen molar-refractivity contribution in [3.63, 3.8) is 0 Å². The molecule has 0 saturated heterocycles. The Morgan fingerprint density at radius 2 is 1.85 bits per heavy atom. The van der Waals surface area contributed by atoms with E-state index in [4.69, 9.17) is 4.74 Å². The van der Waals surface area contributed by atoms with Crippen molar-refractivity contribution in [2.75, 3.05) is 7.11 Å². The highest BCUT2D eigenvalue weighted by atomic mass is 16.5. The minimum Gasteiger partial charge on any atom is -0.496 e. The Kier molecular flexibility index (Phi) is 7.27. The molecular weight excluding hydrogens is 416 g/mol. The molecule has 0 bridgehead atoms. The minimum atomic E-state index is -0.183. The lowest BCUT2D eigenvalue weighted by Crippen LogP contribution is -2.43. The summed E-state index contributed by atoms with van der Waals surface area (Å²) in [5, 5.41) is 4.51. The van der Waals surface area contributed by atoms with Crippen LogP contribution in [0.2, 0.25) is 0 Å². The maximum atomic E-state index is 13.5. The van der Waals surface area contributed by atoms with Gasteiger partial charge in [0, 0.05) is 25.6 Å². The van der Waals surface area contributed by atoms with Crippen LogP contribution < -0.4 is 10.4 Å². The molecule has 0 spiro atoms. The monoisotopic (exact) mass is 448 g/mol. The Morgan fingerprint density at radius 1 is 1.09 bits per heavy atom. The first-order valence-corrected chi connectivity index (χ1v) is 11.7. The zero-order chi connectivity index (χ0) is 23.2. The van der Waals surface area contributed by atoms with Crippen molar-refractivity contribution in [2.24, 2.45) is 0 Å². The van der Waals surface area contributed by atoms with Gasteiger partial charge in [-0.2, -0.15) is 5.10 Å². The van der Waals surface area contributed by atoms with Crippen LogP contribution in [0.25, 0.3) is 0 Å². The van der Waals surface area contributed by atoms with Crippen molar-refractivity contribution in [3.05, 3.63) is 82.0 Å². The van der Waals surface area contributed by atoms with E-state index >= 15 is 0 Å². The molecule has 0 fully saturated rings. The van der Waals surface area contributed by atoms with Crippen LogP contribution in [0.5, 0.6) is 5.75 Å². The summed E-state index contributed by atoms with van der Waals surface area (Å²) in [5.41, 5.74) is 1.91. The molecule has 0 aliphatic carbocycles. The number of benzene rings is 2. The van der Waals surface area contributed by atoms with Gasteiger partial charge in [-0.25, -0.2) is 9.48 Å². The number of hydrogen-bond acceptors (Lipinski definition) is 4. The Bertz CT molecular complexity index is 1140. The third kappa shape index (κ3) is 5.35. The zero-order valence-electron chi connectivity index (χ0n) is 19.4. The number of aryl methyl sites for hydroxylation is 1. The largest absolute Gasteiger partial charge is 0.496 e. The van der Waals surface area contributed by atoms with Gasteiger partial charge in [0.05, 0.1) is 7.11 Å². The molecular formula is C26H32N4O3. The first-order chi connectivity index (χ1) is 16.1. The lowest BCUT2D eigenvalue weighted by molar-refractivity contribution is -0.134. The van der Waals surface area contributed by atoms with Crippen LogP contribution in [0.1, 0.15) is 43.1 Å². The van der Waals surface area contributed by atoms with Crippen LogP contribution in [-0.4, -0.2) is 38.3 Å². The SMILES string of the molecule is COc1ccccc1CC(C)N(Cc1ccccc1)C(=O)Cn1nc2n(c1=O)CCCCC2. The van der Waals surface area contributed by atoms with Gasteiger partial charge in [0.15, 0.2) is 0 Å². The molecule has 2 aromatic carbocycles. The molecule has 7 heteroatoms. The predicted molar refractivity (Wildman–Crippen MR) is 127 cm³/mol. The summed E-state index contributed by atoms with van der Waals surface area (Å²) in [5.74, 6) is 1.49. The number of carbonyl (C=O) groups excluding carboxylic acids is 1. The number of rotatable bonds is 8. The second-order valence-corrected chi connectivity index (χ2v) is 8.69. The summed E-state index contributed by atoms with van der Waals surface area (Å²) >= 11 is 0. The van der Waals surface area contributed by atoms with Gasteiger partial charge in [0.25, 0.3) is 0 Å². The fourth-order valence-corrected chi connectivity index (χ4v) is 4.52. The number of hydrogen-bond donors (Lipinski definition) is 0. The summed E-state index contributed by atoms with van der Waals surface area (Å²) < 4.78 is 8.59. The second kappa shape index (κ2) is 10.5. The van der Waals surface area contributed by atoms with Crippen LogP contribution >= 0.6 is 0 Å². The van der Waals surface area contributed by atoms with Crippen molar-refractivity contribution >= 4 is 5.91 Å². The summed E-state index contributed by atoms with van der Waals surface area (Å²) in [4.78, 5) is 28.3. The van der Waals surface area contributed by atoms with Crippen LogP contribution in [0.15, 0.2) is 59.4 Å². The van der Waals surface area contributed by atoms with E-state index in [0.29, 0.717) is 19.5 Å².